The van der Waals surface area contributed by atoms with Crippen molar-refractivity contribution < 1.29 is 68.5 Å². The molecule has 2 saturated heterocycles. The number of rotatable bonds is 18. The summed E-state index contributed by atoms with van der Waals surface area (Å²) in [4.78, 5) is 62.6. The molecule has 8 atom stereocenters. The molecule has 0 radical (unpaired) electrons. The maximum atomic E-state index is 12.9. The molecule has 2 heterocycles. The van der Waals surface area contributed by atoms with Crippen LogP contribution in [0.2, 0.25) is 0 Å². The first-order chi connectivity index (χ1) is 22.1. The van der Waals surface area contributed by atoms with E-state index in [-0.39, 0.29) is 24.3 Å². The number of carbonyl (C=O) groups excluding carboxylic acids is 2. The van der Waals surface area contributed by atoms with Gasteiger partial charge in [-0.15, -0.1) is 0 Å². The molecule has 0 aromatic heterocycles. The van der Waals surface area contributed by atoms with Gasteiger partial charge in [0, 0.05) is 25.7 Å². The highest BCUT2D eigenvalue weighted by Gasteiger charge is 2.85. The Hall–Kier alpha value is -3.85. The Bertz CT molecular complexity index is 1330. The number of fused-ring (bicyclic) bond motifs is 2. The molecule has 0 amide bonds. The lowest BCUT2D eigenvalue weighted by atomic mass is 9.74. The molecule has 0 aliphatic carbocycles. The predicted octanol–water partition coefficient (Wildman–Crippen LogP) is 2.62. The predicted molar refractivity (Wildman–Crippen MR) is 162 cm³/mol. The number of hydrogen-bond acceptors (Lipinski definition) is 11. The summed E-state index contributed by atoms with van der Waals surface area (Å²) in [6.45, 7) is 9.03. The molecule has 3 rings (SSSR count). The van der Waals surface area contributed by atoms with Crippen molar-refractivity contribution in [3.05, 3.63) is 48.0 Å². The summed E-state index contributed by atoms with van der Waals surface area (Å²) in [5.74, 6) is -11.2. The van der Waals surface area contributed by atoms with Crippen molar-refractivity contribution in [3.63, 3.8) is 0 Å². The summed E-state index contributed by atoms with van der Waals surface area (Å²) in [5, 5.41) is 53.3. The molecule has 260 valence electrons. The number of benzene rings is 1. The minimum absolute atomic E-state index is 0.222. The second-order valence-corrected chi connectivity index (χ2v) is 12.2. The molecule has 1 aromatic rings. The molecule has 5 N–H and O–H groups in total. The van der Waals surface area contributed by atoms with Crippen LogP contribution in [0.4, 0.5) is 0 Å². The summed E-state index contributed by atoms with van der Waals surface area (Å²) in [6.07, 6.45) is -5.26. The van der Waals surface area contributed by atoms with Gasteiger partial charge in [0.15, 0.2) is 6.10 Å². The van der Waals surface area contributed by atoms with E-state index in [9.17, 15) is 49.5 Å². The van der Waals surface area contributed by atoms with Gasteiger partial charge in [-0.2, -0.15) is 0 Å². The summed E-state index contributed by atoms with van der Waals surface area (Å²) in [7, 11) is 0. The zero-order valence-electron chi connectivity index (χ0n) is 26.8. The van der Waals surface area contributed by atoms with E-state index < -0.39 is 77.7 Å². The van der Waals surface area contributed by atoms with Crippen molar-refractivity contribution in [2.45, 2.75) is 120 Å². The van der Waals surface area contributed by atoms with Crippen LogP contribution in [0.25, 0.3) is 0 Å². The molecule has 2 aliphatic heterocycles. The Labute approximate surface area is 272 Å². The molecular formula is C33H44O14. The number of aliphatic carboxylic acids is 3. The van der Waals surface area contributed by atoms with Crippen LogP contribution >= 0.6 is 0 Å². The van der Waals surface area contributed by atoms with Crippen molar-refractivity contribution in [3.8, 4) is 0 Å². The van der Waals surface area contributed by atoms with Gasteiger partial charge in [-0.1, -0.05) is 76.4 Å². The Morgan fingerprint density at radius 2 is 1.62 bits per heavy atom. The second kappa shape index (κ2) is 15.4. The van der Waals surface area contributed by atoms with Crippen molar-refractivity contribution in [2.75, 3.05) is 0 Å². The summed E-state index contributed by atoms with van der Waals surface area (Å²) in [6, 6.07) is 9.30. The van der Waals surface area contributed by atoms with Gasteiger partial charge in [-0.25, -0.2) is 14.4 Å². The lowest BCUT2D eigenvalue weighted by Crippen LogP contribution is -2.78. The third kappa shape index (κ3) is 7.51. The minimum Gasteiger partial charge on any atom is -0.479 e. The monoisotopic (exact) mass is 664 g/mol. The normalized spacial score (nSPS) is 29.3. The standard InChI is InChI=1S/C33H44O14/c1-5-6-7-8-12-15-23(35)45-26-25(36)31(46-27(28(37)38)32(43,29(39)40)33(26,47-31)30(41)42)17-16-19(2)24(44-21(4)34)20(3)18-22-13-10-9-11-14-22/h9-11,13-14,20,24-27,36,43H,2,5-8,12,15-18H2,1,3-4H3,(H,37,38)(H,39,40)(H,41,42)/t20-,24-,25-,26-,27?,31?,32?,33?/m1/s1. The smallest absolute Gasteiger partial charge is 0.344 e. The first-order valence-electron chi connectivity index (χ1n) is 15.6. The first-order valence-corrected chi connectivity index (χ1v) is 15.6. The van der Waals surface area contributed by atoms with Gasteiger partial charge in [-0.05, 0) is 30.4 Å². The van der Waals surface area contributed by atoms with Crippen molar-refractivity contribution in [1.82, 2.24) is 0 Å². The number of carboxylic acid groups (broad SMARTS) is 3. The van der Waals surface area contributed by atoms with E-state index in [1.807, 2.05) is 44.2 Å². The summed E-state index contributed by atoms with van der Waals surface area (Å²) >= 11 is 0. The first kappa shape index (κ1) is 37.6. The van der Waals surface area contributed by atoms with E-state index >= 15 is 0 Å². The molecule has 2 aliphatic rings. The average Bonchev–Trinajstić information content (AvgIpc) is 3.22. The Morgan fingerprint density at radius 1 is 0.979 bits per heavy atom. The maximum Gasteiger partial charge on any atom is 0.344 e. The number of hydrogen-bond donors (Lipinski definition) is 5. The largest absolute Gasteiger partial charge is 0.479 e. The number of esters is 2. The van der Waals surface area contributed by atoms with Crippen LogP contribution in [0, 0.1) is 5.92 Å². The Balaban J connectivity index is 1.98. The van der Waals surface area contributed by atoms with Gasteiger partial charge in [-0.3, -0.25) is 9.59 Å². The van der Waals surface area contributed by atoms with Gasteiger partial charge < -0.3 is 44.5 Å². The highest BCUT2D eigenvalue weighted by atomic mass is 16.8. The van der Waals surface area contributed by atoms with Gasteiger partial charge in [0.25, 0.3) is 0 Å². The highest BCUT2D eigenvalue weighted by molar-refractivity contribution is 5.98. The topological polar surface area (TPSA) is 223 Å². The van der Waals surface area contributed by atoms with Crippen LogP contribution in [-0.2, 0) is 49.3 Å². The van der Waals surface area contributed by atoms with E-state index in [2.05, 4.69) is 6.58 Å². The van der Waals surface area contributed by atoms with E-state index in [1.54, 1.807) is 0 Å². The minimum atomic E-state index is -3.86. The fourth-order valence-corrected chi connectivity index (χ4v) is 6.37. The quantitative estimate of drug-likeness (QED) is 0.0865. The molecule has 0 saturated carbocycles. The molecule has 47 heavy (non-hydrogen) atoms. The second-order valence-electron chi connectivity index (χ2n) is 12.2. The molecule has 2 bridgehead atoms. The number of aliphatic hydroxyl groups excluding tert-OH is 1. The number of ether oxygens (including phenoxy) is 4. The average molecular weight is 665 g/mol. The van der Waals surface area contributed by atoms with Crippen LogP contribution < -0.4 is 0 Å². The van der Waals surface area contributed by atoms with Crippen LogP contribution in [0.15, 0.2) is 42.5 Å². The zero-order chi connectivity index (χ0) is 35.2. The molecule has 1 aromatic carbocycles. The number of carbonyl (C=O) groups is 5. The number of carboxylic acids is 3. The van der Waals surface area contributed by atoms with Crippen LogP contribution in [0.5, 0.6) is 0 Å². The van der Waals surface area contributed by atoms with Crippen molar-refractivity contribution >= 4 is 29.8 Å². The van der Waals surface area contributed by atoms with E-state index in [4.69, 9.17) is 18.9 Å². The molecular weight excluding hydrogens is 620 g/mol. The Morgan fingerprint density at radius 3 is 2.17 bits per heavy atom. The fourth-order valence-electron chi connectivity index (χ4n) is 6.37. The lowest BCUT2D eigenvalue weighted by Gasteiger charge is -2.48. The van der Waals surface area contributed by atoms with Gasteiger partial charge >= 0.3 is 29.8 Å². The molecule has 14 nitrogen and oxygen atoms in total. The number of unbranched alkanes of at least 4 members (excludes halogenated alkanes) is 4. The summed E-state index contributed by atoms with van der Waals surface area (Å²) in [5.41, 5.74) is -6.17. The molecule has 2 fully saturated rings. The SMILES string of the molecule is C=C(CCC12OC(C(=O)O)C(O)(C(=O)O)C(C(=O)O)(O1)[C@H](OC(=O)CCCCCCC)[C@H]2O)[C@@H](OC(C)=O)[C@H](C)Cc1ccccc1. The molecule has 4 unspecified atom stereocenters. The van der Waals surface area contributed by atoms with Crippen LogP contribution in [-0.4, -0.2) is 96.8 Å². The maximum absolute atomic E-state index is 12.9. The van der Waals surface area contributed by atoms with E-state index in [1.165, 1.54) is 6.92 Å². The van der Waals surface area contributed by atoms with Gasteiger partial charge in [0.2, 0.25) is 23.1 Å². The fraction of sp³-hybridized carbons (Fsp3) is 0.606. The molecule has 14 heteroatoms. The van der Waals surface area contributed by atoms with Crippen molar-refractivity contribution in [2.24, 2.45) is 5.92 Å². The van der Waals surface area contributed by atoms with Crippen LogP contribution in [0.1, 0.15) is 77.7 Å². The van der Waals surface area contributed by atoms with Gasteiger partial charge in [0.05, 0.1) is 0 Å². The van der Waals surface area contributed by atoms with Gasteiger partial charge in [0.1, 0.15) is 12.2 Å². The van der Waals surface area contributed by atoms with Crippen LogP contribution in [0.3, 0.4) is 0 Å². The number of aliphatic hydroxyl groups is 2. The van der Waals surface area contributed by atoms with Crippen molar-refractivity contribution in [1.29, 1.82) is 0 Å². The highest BCUT2D eigenvalue weighted by Crippen LogP contribution is 2.56. The van der Waals surface area contributed by atoms with E-state index in [0.717, 1.165) is 24.8 Å². The zero-order valence-corrected chi connectivity index (χ0v) is 26.8. The lowest BCUT2D eigenvalue weighted by molar-refractivity contribution is -0.374. The van der Waals surface area contributed by atoms with E-state index in [0.29, 0.717) is 19.3 Å². The Kier molecular flexibility index (Phi) is 12.3. The molecule has 0 spiro atoms. The third-order valence-corrected chi connectivity index (χ3v) is 8.75. The summed E-state index contributed by atoms with van der Waals surface area (Å²) < 4.78 is 22.0. The third-order valence-electron chi connectivity index (χ3n) is 8.75.